The molecule has 230 valence electrons. The van der Waals surface area contributed by atoms with E-state index in [1.165, 1.54) is 6.92 Å². The highest BCUT2D eigenvalue weighted by Gasteiger charge is 2.30. The molecule has 3 aromatic carbocycles. The van der Waals surface area contributed by atoms with Crippen LogP contribution in [0.5, 0.6) is 34.5 Å². The monoisotopic (exact) mass is 599 g/mol. The van der Waals surface area contributed by atoms with Gasteiger partial charge < -0.3 is 33.3 Å². The number of amides is 1. The van der Waals surface area contributed by atoms with E-state index in [0.717, 1.165) is 22.3 Å². The molecule has 1 amide bonds. The minimum atomic E-state index is -0.190. The molecule has 2 aliphatic heterocycles. The molecule has 0 saturated carbocycles. The number of carbonyl (C=O) groups excluding carboxylic acids is 2. The molecule has 0 bridgehead atoms. The van der Waals surface area contributed by atoms with Crippen molar-refractivity contribution in [1.82, 2.24) is 4.90 Å². The standard InChI is InChI=1S/C35H37NO8/c1-7-26-15-25(24-9-10-29-34(16-24)44-20-43-29)19-36(26)35(38)28-18-31(40-6)33(14-22(28)3)42-12-8-11-41-32-13-21(2)27(23(4)37)17-30(32)39-5/h7,9-10,13-14,16-19,26H,1,8,11-12,15,20H2,2-6H3. The largest absolute Gasteiger partial charge is 0.493 e. The number of hydrogen-bond donors (Lipinski definition) is 0. The summed E-state index contributed by atoms with van der Waals surface area (Å²) in [4.78, 5) is 27.4. The van der Waals surface area contributed by atoms with E-state index in [9.17, 15) is 9.59 Å². The maximum Gasteiger partial charge on any atom is 0.258 e. The molecule has 1 unspecified atom stereocenters. The van der Waals surface area contributed by atoms with Crippen molar-refractivity contribution < 1.29 is 38.0 Å². The van der Waals surface area contributed by atoms with Gasteiger partial charge in [-0.05, 0) is 85.9 Å². The van der Waals surface area contributed by atoms with Crippen LogP contribution in [0.2, 0.25) is 0 Å². The summed E-state index contributed by atoms with van der Waals surface area (Å²) in [5.74, 6) is 3.32. The van der Waals surface area contributed by atoms with Crippen LogP contribution in [-0.2, 0) is 0 Å². The molecule has 2 heterocycles. The topological polar surface area (TPSA) is 92.8 Å². The Morgan fingerprint density at radius 3 is 2.11 bits per heavy atom. The van der Waals surface area contributed by atoms with Crippen LogP contribution in [0, 0.1) is 13.8 Å². The van der Waals surface area contributed by atoms with Gasteiger partial charge in [0.2, 0.25) is 6.79 Å². The molecule has 3 aromatic rings. The fourth-order valence-corrected chi connectivity index (χ4v) is 5.37. The Hall–Kier alpha value is -4.92. The van der Waals surface area contributed by atoms with Crippen LogP contribution in [0.1, 0.15) is 57.2 Å². The lowest BCUT2D eigenvalue weighted by Crippen LogP contribution is -2.31. The molecule has 5 rings (SSSR count). The van der Waals surface area contributed by atoms with E-state index in [1.54, 1.807) is 37.3 Å². The smallest absolute Gasteiger partial charge is 0.258 e. The Morgan fingerprint density at radius 2 is 1.50 bits per heavy atom. The van der Waals surface area contributed by atoms with Crippen LogP contribution in [0.3, 0.4) is 0 Å². The van der Waals surface area contributed by atoms with Crippen molar-refractivity contribution >= 4 is 17.3 Å². The Balaban J connectivity index is 1.24. The van der Waals surface area contributed by atoms with Gasteiger partial charge in [0, 0.05) is 23.7 Å². The average molecular weight is 600 g/mol. The van der Waals surface area contributed by atoms with Crippen molar-refractivity contribution in [3.05, 3.63) is 89.1 Å². The van der Waals surface area contributed by atoms with Gasteiger partial charge in [-0.1, -0.05) is 12.1 Å². The summed E-state index contributed by atoms with van der Waals surface area (Å²) in [7, 11) is 3.09. The van der Waals surface area contributed by atoms with Crippen molar-refractivity contribution in [3.63, 3.8) is 0 Å². The normalized spacial score (nSPS) is 15.1. The molecule has 0 spiro atoms. The molecule has 1 atom stereocenters. The molecule has 9 nitrogen and oxygen atoms in total. The van der Waals surface area contributed by atoms with Gasteiger partial charge in [0.25, 0.3) is 5.91 Å². The zero-order chi connectivity index (χ0) is 31.4. The van der Waals surface area contributed by atoms with Crippen molar-refractivity contribution in [3.8, 4) is 34.5 Å². The molecular formula is C35H37NO8. The summed E-state index contributed by atoms with van der Waals surface area (Å²) in [5, 5.41) is 0. The van der Waals surface area contributed by atoms with Gasteiger partial charge >= 0.3 is 0 Å². The number of methoxy groups -OCH3 is 2. The summed E-state index contributed by atoms with van der Waals surface area (Å²) >= 11 is 0. The first-order chi connectivity index (χ1) is 21.2. The van der Waals surface area contributed by atoms with Gasteiger partial charge in [0.1, 0.15) is 0 Å². The molecule has 9 heteroatoms. The van der Waals surface area contributed by atoms with Crippen molar-refractivity contribution in [1.29, 1.82) is 0 Å². The zero-order valence-electron chi connectivity index (χ0n) is 25.7. The molecule has 0 N–H and O–H groups in total. The molecule has 2 aliphatic rings. The second kappa shape index (κ2) is 13.2. The lowest BCUT2D eigenvalue weighted by Gasteiger charge is -2.22. The van der Waals surface area contributed by atoms with E-state index in [-0.39, 0.29) is 24.5 Å². The third-order valence-electron chi connectivity index (χ3n) is 7.77. The number of carbonyl (C=O) groups is 2. The Kier molecular flexibility index (Phi) is 9.13. The first-order valence-corrected chi connectivity index (χ1v) is 14.4. The number of hydrogen-bond acceptors (Lipinski definition) is 8. The van der Waals surface area contributed by atoms with Gasteiger partial charge in [-0.25, -0.2) is 0 Å². The number of nitrogens with zero attached hydrogens (tertiary/aromatic N) is 1. The Labute approximate surface area is 257 Å². The molecule has 0 aromatic heterocycles. The fourth-order valence-electron chi connectivity index (χ4n) is 5.37. The van der Waals surface area contributed by atoms with Crippen molar-refractivity contribution in [2.75, 3.05) is 34.2 Å². The summed E-state index contributed by atoms with van der Waals surface area (Å²) in [6.07, 6.45) is 4.89. The lowest BCUT2D eigenvalue weighted by molar-refractivity contribution is 0.0805. The number of benzene rings is 3. The van der Waals surface area contributed by atoms with Crippen LogP contribution >= 0.6 is 0 Å². The molecule has 0 saturated heterocycles. The van der Waals surface area contributed by atoms with Crippen LogP contribution in [-0.4, -0.2) is 56.9 Å². The van der Waals surface area contributed by atoms with E-state index >= 15 is 0 Å². The van der Waals surface area contributed by atoms with E-state index in [1.807, 2.05) is 50.4 Å². The Bertz CT molecular complexity index is 1630. The molecule has 44 heavy (non-hydrogen) atoms. The van der Waals surface area contributed by atoms with Crippen LogP contribution < -0.4 is 28.4 Å². The zero-order valence-corrected chi connectivity index (χ0v) is 25.7. The van der Waals surface area contributed by atoms with Gasteiger partial charge in [-0.3, -0.25) is 9.59 Å². The molecule has 0 aliphatic carbocycles. The first-order valence-electron chi connectivity index (χ1n) is 14.4. The summed E-state index contributed by atoms with van der Waals surface area (Å²) in [6, 6.07) is 12.7. The molecule has 0 radical (unpaired) electrons. The summed E-state index contributed by atoms with van der Waals surface area (Å²) in [6.45, 7) is 10.2. The maximum absolute atomic E-state index is 13.8. The second-order valence-electron chi connectivity index (χ2n) is 10.7. The number of ether oxygens (including phenoxy) is 6. The second-order valence-corrected chi connectivity index (χ2v) is 10.7. The number of ketones is 1. The highest BCUT2D eigenvalue weighted by atomic mass is 16.7. The number of rotatable bonds is 12. The highest BCUT2D eigenvalue weighted by Crippen LogP contribution is 2.39. The minimum Gasteiger partial charge on any atom is -0.493 e. The summed E-state index contributed by atoms with van der Waals surface area (Å²) < 4.78 is 34.0. The fraction of sp³-hybridized carbons (Fsp3) is 0.314. The SMILES string of the molecule is C=CC1CC(c2ccc3c(c2)OCO3)=CN1C(=O)c1cc(OC)c(OCCCOc2cc(C)c(C(C)=O)cc2OC)cc1C. The quantitative estimate of drug-likeness (QED) is 0.132. The number of Topliss-reactive ketones (excluding diaryl/α,β-unsaturated/α-hetero) is 1. The number of fused-ring (bicyclic) bond motifs is 1. The maximum atomic E-state index is 13.8. The average Bonchev–Trinajstić information content (AvgIpc) is 3.67. The molecular weight excluding hydrogens is 562 g/mol. The van der Waals surface area contributed by atoms with Crippen LogP contribution in [0.25, 0.3) is 5.57 Å². The van der Waals surface area contributed by atoms with Gasteiger partial charge in [0.05, 0.1) is 33.5 Å². The predicted octanol–water partition coefficient (Wildman–Crippen LogP) is 6.54. The van der Waals surface area contributed by atoms with E-state index in [4.69, 9.17) is 28.4 Å². The van der Waals surface area contributed by atoms with Gasteiger partial charge in [-0.15, -0.1) is 6.58 Å². The van der Waals surface area contributed by atoms with E-state index < -0.39 is 0 Å². The van der Waals surface area contributed by atoms with Crippen LogP contribution in [0.4, 0.5) is 0 Å². The molecule has 0 fully saturated rings. The lowest BCUT2D eigenvalue weighted by atomic mass is 10.0. The first kappa shape index (κ1) is 30.5. The third-order valence-corrected chi connectivity index (χ3v) is 7.77. The highest BCUT2D eigenvalue weighted by molar-refractivity contribution is 5.99. The van der Waals surface area contributed by atoms with Crippen LogP contribution in [0.15, 0.2) is 61.3 Å². The van der Waals surface area contributed by atoms with Gasteiger partial charge in [0.15, 0.2) is 40.3 Å². The van der Waals surface area contributed by atoms with Crippen molar-refractivity contribution in [2.24, 2.45) is 0 Å². The Morgan fingerprint density at radius 1 is 0.886 bits per heavy atom. The van der Waals surface area contributed by atoms with Gasteiger partial charge in [-0.2, -0.15) is 0 Å². The van der Waals surface area contributed by atoms with Crippen molar-refractivity contribution in [2.45, 2.75) is 39.7 Å². The minimum absolute atomic E-state index is 0.0267. The number of aryl methyl sites for hydroxylation is 2. The van der Waals surface area contributed by atoms with E-state index in [2.05, 4.69) is 6.58 Å². The predicted molar refractivity (Wildman–Crippen MR) is 166 cm³/mol. The third kappa shape index (κ3) is 6.22. The van der Waals surface area contributed by atoms with E-state index in [0.29, 0.717) is 71.7 Å². The summed E-state index contributed by atoms with van der Waals surface area (Å²) in [5.41, 5.74) is 4.70.